The first-order valence-corrected chi connectivity index (χ1v) is 8.06. The first-order valence-electron chi connectivity index (χ1n) is 8.06. The molecule has 0 saturated carbocycles. The quantitative estimate of drug-likeness (QED) is 0.732. The van der Waals surface area contributed by atoms with Crippen molar-refractivity contribution >= 4 is 5.78 Å². The number of likely N-dealkylation sites (tertiary alicyclic amines) is 1. The molecule has 1 fully saturated rings. The minimum atomic E-state index is 0.129. The van der Waals surface area contributed by atoms with Gasteiger partial charge < -0.3 is 4.90 Å². The number of Topliss-reactive ketones (excluding diaryl/α,β-unsaturated/α-hetero) is 1. The van der Waals surface area contributed by atoms with Crippen LogP contribution in [0.2, 0.25) is 0 Å². The molecule has 0 aliphatic carbocycles. The van der Waals surface area contributed by atoms with Crippen LogP contribution in [-0.4, -0.2) is 30.3 Å². The molecule has 0 spiro atoms. The molecule has 1 heterocycles. The van der Waals surface area contributed by atoms with Gasteiger partial charge in [-0.2, -0.15) is 0 Å². The number of benzene rings is 1. The lowest BCUT2D eigenvalue weighted by Crippen LogP contribution is -2.32. The molecule has 1 atom stereocenters. The smallest absolute Gasteiger partial charge is 0.165 e. The Labute approximate surface area is 123 Å². The highest BCUT2D eigenvalue weighted by Gasteiger charge is 2.17. The molecule has 0 radical (unpaired) electrons. The Balaban J connectivity index is 1.83. The zero-order valence-electron chi connectivity index (χ0n) is 12.9. The first kappa shape index (κ1) is 15.2. The lowest BCUT2D eigenvalue weighted by atomic mass is 9.95. The second-order valence-corrected chi connectivity index (χ2v) is 6.01. The van der Waals surface area contributed by atoms with E-state index >= 15 is 0 Å². The maximum Gasteiger partial charge on any atom is 0.165 e. The second-order valence-electron chi connectivity index (χ2n) is 6.01. The highest BCUT2D eigenvalue weighted by molar-refractivity contribution is 5.97. The standard InChI is InChI=1S/C18H27NO/c1-3-16-7-9-17(10-8-16)18(20)15(2)11-14-19-12-5-4-6-13-19/h7-10,15H,3-6,11-14H2,1-2H3. The van der Waals surface area contributed by atoms with Crippen molar-refractivity contribution in [3.8, 4) is 0 Å². The van der Waals surface area contributed by atoms with E-state index in [2.05, 4.69) is 30.9 Å². The Hall–Kier alpha value is -1.15. The molecule has 0 N–H and O–H groups in total. The number of nitrogens with zero attached hydrogens (tertiary/aromatic N) is 1. The number of carbonyl (C=O) groups excluding carboxylic acids is 1. The van der Waals surface area contributed by atoms with Gasteiger partial charge in [-0.1, -0.05) is 44.5 Å². The van der Waals surface area contributed by atoms with Gasteiger partial charge in [-0.3, -0.25) is 4.79 Å². The largest absolute Gasteiger partial charge is 0.303 e. The average molecular weight is 273 g/mol. The van der Waals surface area contributed by atoms with Crippen molar-refractivity contribution in [2.45, 2.75) is 46.0 Å². The Morgan fingerprint density at radius 1 is 1.15 bits per heavy atom. The molecule has 110 valence electrons. The lowest BCUT2D eigenvalue weighted by Gasteiger charge is -2.27. The van der Waals surface area contributed by atoms with Gasteiger partial charge in [0, 0.05) is 11.5 Å². The van der Waals surface area contributed by atoms with Crippen LogP contribution < -0.4 is 0 Å². The molecule has 20 heavy (non-hydrogen) atoms. The number of hydrogen-bond acceptors (Lipinski definition) is 2. The van der Waals surface area contributed by atoms with Gasteiger partial charge in [-0.25, -0.2) is 0 Å². The number of piperidine rings is 1. The molecule has 2 rings (SSSR count). The minimum Gasteiger partial charge on any atom is -0.303 e. The van der Waals surface area contributed by atoms with E-state index < -0.39 is 0 Å². The van der Waals surface area contributed by atoms with Crippen molar-refractivity contribution in [1.82, 2.24) is 4.90 Å². The van der Waals surface area contributed by atoms with E-state index in [0.717, 1.165) is 24.9 Å². The lowest BCUT2D eigenvalue weighted by molar-refractivity contribution is 0.0911. The number of rotatable bonds is 6. The highest BCUT2D eigenvalue weighted by Crippen LogP contribution is 2.16. The third-order valence-electron chi connectivity index (χ3n) is 4.42. The zero-order valence-corrected chi connectivity index (χ0v) is 12.9. The SMILES string of the molecule is CCc1ccc(C(=O)C(C)CCN2CCCCC2)cc1. The molecular weight excluding hydrogens is 246 g/mol. The Kier molecular flexibility index (Phi) is 5.78. The third-order valence-corrected chi connectivity index (χ3v) is 4.42. The Morgan fingerprint density at radius 3 is 2.40 bits per heavy atom. The molecule has 2 nitrogen and oxygen atoms in total. The van der Waals surface area contributed by atoms with Crippen LogP contribution in [0.25, 0.3) is 0 Å². The van der Waals surface area contributed by atoms with Gasteiger partial charge in [0.2, 0.25) is 0 Å². The van der Waals surface area contributed by atoms with Gasteiger partial charge in [0.05, 0.1) is 0 Å². The number of hydrogen-bond donors (Lipinski definition) is 0. The topological polar surface area (TPSA) is 20.3 Å². The summed E-state index contributed by atoms with van der Waals surface area (Å²) in [6, 6.07) is 8.12. The van der Waals surface area contributed by atoms with E-state index in [1.807, 2.05) is 12.1 Å². The predicted molar refractivity (Wildman–Crippen MR) is 84.2 cm³/mol. The maximum atomic E-state index is 12.4. The van der Waals surface area contributed by atoms with E-state index in [4.69, 9.17) is 0 Å². The van der Waals surface area contributed by atoms with Crippen LogP contribution in [0.4, 0.5) is 0 Å². The highest BCUT2D eigenvalue weighted by atomic mass is 16.1. The molecule has 1 aromatic rings. The fraction of sp³-hybridized carbons (Fsp3) is 0.611. The van der Waals surface area contributed by atoms with Gasteiger partial charge in [0.1, 0.15) is 0 Å². The average Bonchev–Trinajstić information content (AvgIpc) is 2.53. The van der Waals surface area contributed by atoms with Crippen molar-refractivity contribution in [3.05, 3.63) is 35.4 Å². The summed E-state index contributed by atoms with van der Waals surface area (Å²) in [7, 11) is 0. The van der Waals surface area contributed by atoms with Crippen LogP contribution in [-0.2, 0) is 6.42 Å². The van der Waals surface area contributed by atoms with Crippen LogP contribution in [0.15, 0.2) is 24.3 Å². The fourth-order valence-corrected chi connectivity index (χ4v) is 2.88. The number of ketones is 1. The predicted octanol–water partition coefficient (Wildman–Crippen LogP) is 3.94. The summed E-state index contributed by atoms with van der Waals surface area (Å²) in [4.78, 5) is 14.9. The summed E-state index contributed by atoms with van der Waals surface area (Å²) < 4.78 is 0. The monoisotopic (exact) mass is 273 g/mol. The first-order chi connectivity index (χ1) is 9.70. The van der Waals surface area contributed by atoms with Gasteiger partial charge in [-0.15, -0.1) is 0 Å². The van der Waals surface area contributed by atoms with Crippen molar-refractivity contribution in [3.63, 3.8) is 0 Å². The summed E-state index contributed by atoms with van der Waals surface area (Å²) in [6.45, 7) is 7.70. The van der Waals surface area contributed by atoms with E-state index in [0.29, 0.717) is 5.78 Å². The van der Waals surface area contributed by atoms with Crippen molar-refractivity contribution < 1.29 is 4.79 Å². The molecule has 2 heteroatoms. The van der Waals surface area contributed by atoms with Crippen LogP contribution >= 0.6 is 0 Å². The Morgan fingerprint density at radius 2 is 1.80 bits per heavy atom. The fourth-order valence-electron chi connectivity index (χ4n) is 2.88. The molecule has 1 unspecified atom stereocenters. The van der Waals surface area contributed by atoms with Crippen molar-refractivity contribution in [2.24, 2.45) is 5.92 Å². The maximum absolute atomic E-state index is 12.4. The summed E-state index contributed by atoms with van der Waals surface area (Å²) in [5.74, 6) is 0.425. The summed E-state index contributed by atoms with van der Waals surface area (Å²) in [5, 5.41) is 0. The van der Waals surface area contributed by atoms with Crippen LogP contribution in [0.1, 0.15) is 55.5 Å². The van der Waals surface area contributed by atoms with E-state index in [1.165, 1.54) is 37.9 Å². The second kappa shape index (κ2) is 7.58. The molecular formula is C18H27NO. The number of carbonyl (C=O) groups is 1. The molecule has 0 bridgehead atoms. The summed E-state index contributed by atoms with van der Waals surface area (Å²) in [6.07, 6.45) is 6.02. The van der Waals surface area contributed by atoms with Crippen LogP contribution in [0.3, 0.4) is 0 Å². The third kappa shape index (κ3) is 4.17. The summed E-state index contributed by atoms with van der Waals surface area (Å²) in [5.41, 5.74) is 2.16. The minimum absolute atomic E-state index is 0.129. The molecule has 1 aromatic carbocycles. The van der Waals surface area contributed by atoms with Gasteiger partial charge in [0.15, 0.2) is 5.78 Å². The number of aryl methyl sites for hydroxylation is 1. The van der Waals surface area contributed by atoms with Crippen molar-refractivity contribution in [2.75, 3.05) is 19.6 Å². The van der Waals surface area contributed by atoms with E-state index in [-0.39, 0.29) is 5.92 Å². The normalized spacial score (nSPS) is 17.9. The van der Waals surface area contributed by atoms with Gasteiger partial charge in [-0.05, 0) is 50.9 Å². The zero-order chi connectivity index (χ0) is 14.4. The molecule has 0 amide bonds. The van der Waals surface area contributed by atoms with E-state index in [9.17, 15) is 4.79 Å². The molecule has 1 aliphatic rings. The molecule has 1 aliphatic heterocycles. The molecule has 1 saturated heterocycles. The van der Waals surface area contributed by atoms with Crippen LogP contribution in [0.5, 0.6) is 0 Å². The van der Waals surface area contributed by atoms with Gasteiger partial charge in [0.25, 0.3) is 0 Å². The molecule has 0 aromatic heterocycles. The summed E-state index contributed by atoms with van der Waals surface area (Å²) >= 11 is 0. The Bertz CT molecular complexity index is 418. The van der Waals surface area contributed by atoms with Crippen molar-refractivity contribution in [1.29, 1.82) is 0 Å². The van der Waals surface area contributed by atoms with Gasteiger partial charge >= 0.3 is 0 Å². The van der Waals surface area contributed by atoms with E-state index in [1.54, 1.807) is 0 Å². The van der Waals surface area contributed by atoms with Crippen LogP contribution in [0, 0.1) is 5.92 Å².